The average Bonchev–Trinajstić information content (AvgIpc) is 3.35. The van der Waals surface area contributed by atoms with Gasteiger partial charge in [0, 0.05) is 24.0 Å². The Morgan fingerprint density at radius 3 is 2.69 bits per heavy atom. The molecule has 0 spiro atoms. The smallest absolute Gasteiger partial charge is 0.343 e. The van der Waals surface area contributed by atoms with Gasteiger partial charge in [-0.15, -0.1) is 11.3 Å². The number of carbonyl (C=O) groups excluding carboxylic acids is 2. The first-order chi connectivity index (χ1) is 14.1. The molecule has 1 amide bonds. The Kier molecular flexibility index (Phi) is 5.57. The topological polar surface area (TPSA) is 68.7 Å². The minimum Gasteiger partial charge on any atom is -0.487 e. The minimum absolute atomic E-state index is 0.124. The molecule has 1 aliphatic rings. The van der Waals surface area contributed by atoms with Crippen molar-refractivity contribution in [1.29, 1.82) is 0 Å². The van der Waals surface area contributed by atoms with E-state index >= 15 is 0 Å². The van der Waals surface area contributed by atoms with Gasteiger partial charge in [-0.05, 0) is 55.8 Å². The molecule has 1 saturated heterocycles. The van der Waals surface area contributed by atoms with Crippen molar-refractivity contribution in [2.75, 3.05) is 11.4 Å². The molecule has 3 aromatic rings. The number of aryl methyl sites for hydroxylation is 1. The first-order valence-corrected chi connectivity index (χ1v) is 10.2. The second-order valence-corrected chi connectivity index (χ2v) is 7.77. The predicted octanol–water partition coefficient (Wildman–Crippen LogP) is 4.38. The largest absolute Gasteiger partial charge is 0.487 e. The highest BCUT2D eigenvalue weighted by Crippen LogP contribution is 2.25. The van der Waals surface area contributed by atoms with Crippen LogP contribution in [-0.2, 0) is 11.4 Å². The number of ether oxygens (including phenoxy) is 2. The Labute approximate surface area is 172 Å². The van der Waals surface area contributed by atoms with E-state index in [1.54, 1.807) is 64.8 Å². The van der Waals surface area contributed by atoms with Gasteiger partial charge in [-0.3, -0.25) is 4.79 Å². The Morgan fingerprint density at radius 1 is 1.17 bits per heavy atom. The molecule has 4 rings (SSSR count). The molecule has 0 unspecified atom stereocenters. The molecule has 1 aromatic heterocycles. The van der Waals surface area contributed by atoms with Crippen molar-refractivity contribution in [3.8, 4) is 11.5 Å². The number of aromatic nitrogens is 1. The number of benzene rings is 2. The summed E-state index contributed by atoms with van der Waals surface area (Å²) in [5, 5.41) is 2.94. The van der Waals surface area contributed by atoms with Gasteiger partial charge in [0.1, 0.15) is 18.1 Å². The summed E-state index contributed by atoms with van der Waals surface area (Å²) >= 11 is 1.57. The fraction of sp³-hybridized carbons (Fsp3) is 0.227. The number of nitrogens with zero attached hydrogens (tertiary/aromatic N) is 2. The number of carbonyl (C=O) groups is 2. The fourth-order valence-electron chi connectivity index (χ4n) is 3.13. The highest BCUT2D eigenvalue weighted by Gasteiger charge is 2.21. The number of rotatable bonds is 6. The third-order valence-corrected chi connectivity index (χ3v) is 5.38. The van der Waals surface area contributed by atoms with E-state index in [1.807, 2.05) is 12.3 Å². The first kappa shape index (κ1) is 19.1. The number of hydrogen-bond donors (Lipinski definition) is 0. The zero-order valence-electron chi connectivity index (χ0n) is 16.0. The summed E-state index contributed by atoms with van der Waals surface area (Å²) in [6.45, 7) is 3.02. The number of anilines is 1. The monoisotopic (exact) mass is 408 g/mol. The molecule has 6 nitrogen and oxygen atoms in total. The van der Waals surface area contributed by atoms with Crippen LogP contribution in [0.5, 0.6) is 11.5 Å². The lowest BCUT2D eigenvalue weighted by Gasteiger charge is -2.15. The Morgan fingerprint density at radius 2 is 2.00 bits per heavy atom. The molecule has 148 valence electrons. The molecule has 29 heavy (non-hydrogen) atoms. The Balaban J connectivity index is 1.38. The molecule has 1 fully saturated rings. The highest BCUT2D eigenvalue weighted by molar-refractivity contribution is 7.09. The Hall–Kier alpha value is -3.19. The van der Waals surface area contributed by atoms with Gasteiger partial charge in [0.05, 0.1) is 16.3 Å². The molecule has 0 aliphatic carbocycles. The molecule has 0 saturated carbocycles. The van der Waals surface area contributed by atoms with E-state index in [2.05, 4.69) is 4.98 Å². The lowest BCUT2D eigenvalue weighted by Crippen LogP contribution is -2.23. The van der Waals surface area contributed by atoms with E-state index in [-0.39, 0.29) is 5.91 Å². The fourth-order valence-corrected chi connectivity index (χ4v) is 3.72. The number of thiazole rings is 1. The van der Waals surface area contributed by atoms with Gasteiger partial charge in [-0.2, -0.15) is 0 Å². The van der Waals surface area contributed by atoms with Crippen molar-refractivity contribution in [2.24, 2.45) is 0 Å². The van der Waals surface area contributed by atoms with Gasteiger partial charge < -0.3 is 14.4 Å². The summed E-state index contributed by atoms with van der Waals surface area (Å²) in [5.74, 6) is 0.659. The second kappa shape index (κ2) is 8.45. The maximum absolute atomic E-state index is 12.5. The van der Waals surface area contributed by atoms with Crippen LogP contribution in [0.4, 0.5) is 5.69 Å². The van der Waals surface area contributed by atoms with E-state index in [9.17, 15) is 9.59 Å². The third kappa shape index (κ3) is 4.63. The van der Waals surface area contributed by atoms with Crippen LogP contribution in [0.3, 0.4) is 0 Å². The van der Waals surface area contributed by atoms with E-state index in [0.717, 1.165) is 29.4 Å². The summed E-state index contributed by atoms with van der Waals surface area (Å²) in [6.07, 6.45) is 1.45. The van der Waals surface area contributed by atoms with Gasteiger partial charge in [-0.25, -0.2) is 9.78 Å². The van der Waals surface area contributed by atoms with Crippen LogP contribution in [0.25, 0.3) is 0 Å². The molecule has 0 atom stereocenters. The lowest BCUT2D eigenvalue weighted by molar-refractivity contribution is -0.117. The molecule has 0 bridgehead atoms. The van der Waals surface area contributed by atoms with Crippen molar-refractivity contribution in [2.45, 2.75) is 26.4 Å². The van der Waals surface area contributed by atoms with Crippen LogP contribution >= 0.6 is 11.3 Å². The normalized spacial score (nSPS) is 13.6. The molecule has 2 heterocycles. The Bertz CT molecular complexity index is 1030. The van der Waals surface area contributed by atoms with E-state index in [1.165, 1.54) is 0 Å². The quantitative estimate of drug-likeness (QED) is 0.447. The molecular formula is C22H20N2O4S. The van der Waals surface area contributed by atoms with Crippen LogP contribution < -0.4 is 14.4 Å². The molecule has 2 aromatic carbocycles. The van der Waals surface area contributed by atoms with Crippen LogP contribution in [-0.4, -0.2) is 23.4 Å². The molecule has 0 radical (unpaired) electrons. The number of amides is 1. The maximum atomic E-state index is 12.5. The van der Waals surface area contributed by atoms with Crippen molar-refractivity contribution in [3.05, 3.63) is 70.2 Å². The van der Waals surface area contributed by atoms with Gasteiger partial charge >= 0.3 is 5.97 Å². The van der Waals surface area contributed by atoms with Crippen LogP contribution in [0, 0.1) is 6.92 Å². The summed E-state index contributed by atoms with van der Waals surface area (Å²) in [6, 6.07) is 13.9. The van der Waals surface area contributed by atoms with Crippen LogP contribution in [0.1, 0.15) is 33.9 Å². The molecule has 0 N–H and O–H groups in total. The van der Waals surface area contributed by atoms with Gasteiger partial charge in [0.15, 0.2) is 0 Å². The summed E-state index contributed by atoms with van der Waals surface area (Å²) in [5.41, 5.74) is 2.08. The molecule has 7 heteroatoms. The summed E-state index contributed by atoms with van der Waals surface area (Å²) < 4.78 is 11.2. The van der Waals surface area contributed by atoms with Crippen molar-refractivity contribution < 1.29 is 19.1 Å². The van der Waals surface area contributed by atoms with E-state index in [4.69, 9.17) is 9.47 Å². The van der Waals surface area contributed by atoms with E-state index in [0.29, 0.717) is 30.1 Å². The van der Waals surface area contributed by atoms with Crippen LogP contribution in [0.2, 0.25) is 0 Å². The number of hydrogen-bond acceptors (Lipinski definition) is 6. The van der Waals surface area contributed by atoms with Gasteiger partial charge in [0.2, 0.25) is 5.91 Å². The van der Waals surface area contributed by atoms with E-state index < -0.39 is 5.97 Å². The zero-order valence-corrected chi connectivity index (χ0v) is 16.8. The summed E-state index contributed by atoms with van der Waals surface area (Å²) in [7, 11) is 0. The predicted molar refractivity (Wildman–Crippen MR) is 111 cm³/mol. The standard InChI is InChI=1S/C22H20N2O4S/c1-15-23-17(14-29-15)13-27-20-5-2-4-16(12-20)22(26)28-19-9-7-18(8-10-19)24-11-3-6-21(24)25/h2,4-5,7-10,12,14H,3,6,11,13H2,1H3. The SMILES string of the molecule is Cc1nc(COc2cccc(C(=O)Oc3ccc(N4CCCC4=O)cc3)c2)cs1. The number of esters is 1. The second-order valence-electron chi connectivity index (χ2n) is 6.71. The minimum atomic E-state index is -0.468. The molecular weight excluding hydrogens is 388 g/mol. The van der Waals surface area contributed by atoms with Crippen LogP contribution in [0.15, 0.2) is 53.9 Å². The zero-order chi connectivity index (χ0) is 20.2. The first-order valence-electron chi connectivity index (χ1n) is 9.35. The van der Waals surface area contributed by atoms with Crippen molar-refractivity contribution >= 4 is 28.9 Å². The molecule has 1 aliphatic heterocycles. The van der Waals surface area contributed by atoms with Crippen molar-refractivity contribution in [3.63, 3.8) is 0 Å². The summed E-state index contributed by atoms with van der Waals surface area (Å²) in [4.78, 5) is 30.4. The average molecular weight is 408 g/mol. The van der Waals surface area contributed by atoms with Gasteiger partial charge in [0.25, 0.3) is 0 Å². The maximum Gasteiger partial charge on any atom is 0.343 e. The highest BCUT2D eigenvalue weighted by atomic mass is 32.1. The van der Waals surface area contributed by atoms with Gasteiger partial charge in [-0.1, -0.05) is 6.07 Å². The third-order valence-electron chi connectivity index (χ3n) is 4.56. The van der Waals surface area contributed by atoms with Crippen molar-refractivity contribution in [1.82, 2.24) is 4.98 Å². The lowest BCUT2D eigenvalue weighted by atomic mass is 10.2.